The van der Waals surface area contributed by atoms with Gasteiger partial charge in [0, 0.05) is 23.3 Å². The summed E-state index contributed by atoms with van der Waals surface area (Å²) in [7, 11) is 0. The van der Waals surface area contributed by atoms with Crippen LogP contribution in [0.3, 0.4) is 0 Å². The van der Waals surface area contributed by atoms with Crippen LogP contribution in [0, 0.1) is 11.8 Å². The summed E-state index contributed by atoms with van der Waals surface area (Å²) in [6.07, 6.45) is 0. The molecule has 0 saturated heterocycles. The maximum atomic E-state index is 10.6. The smallest absolute Gasteiger partial charge is 0.123 e. The average molecular weight is 288 g/mol. The van der Waals surface area contributed by atoms with E-state index in [1.807, 2.05) is 19.1 Å². The summed E-state index contributed by atoms with van der Waals surface area (Å²) >= 11 is 0. The van der Waals surface area contributed by atoms with Gasteiger partial charge in [-0.05, 0) is 29.9 Å². The fourth-order valence-electron chi connectivity index (χ4n) is 2.14. The lowest BCUT2D eigenvalue weighted by Gasteiger charge is -2.27. The van der Waals surface area contributed by atoms with E-state index >= 15 is 0 Å². The van der Waals surface area contributed by atoms with Gasteiger partial charge in [0.05, 0.1) is 0 Å². The predicted octanol–water partition coefficient (Wildman–Crippen LogP) is 4.38. The van der Waals surface area contributed by atoms with Gasteiger partial charge in [0.1, 0.15) is 12.4 Å². The Morgan fingerprint density at radius 1 is 1.00 bits per heavy atom. The maximum Gasteiger partial charge on any atom is 0.123 e. The molecule has 0 radical (unpaired) electrons. The van der Waals surface area contributed by atoms with E-state index in [0.717, 1.165) is 16.7 Å². The molecule has 2 heteroatoms. The van der Waals surface area contributed by atoms with Crippen LogP contribution in [-0.2, 0) is 15.6 Å². The molecule has 0 saturated carbocycles. The number of phenolic OH excluding ortho intramolecular Hbond substituents is 1. The number of aromatic hydroxyl groups is 1. The molecule has 0 aliphatic heterocycles. The van der Waals surface area contributed by atoms with Crippen molar-refractivity contribution in [3.05, 3.63) is 28.8 Å². The molecule has 0 aliphatic carbocycles. The molecule has 0 fully saturated rings. The molecule has 1 aromatic carbocycles. The molecular formula is C19H28O2. The summed E-state index contributed by atoms with van der Waals surface area (Å²) in [6.45, 7) is 15.7. The van der Waals surface area contributed by atoms with E-state index in [1.54, 1.807) is 0 Å². The number of benzene rings is 1. The average Bonchev–Trinajstić information content (AvgIpc) is 2.33. The molecule has 116 valence electrons. The lowest BCUT2D eigenvalue weighted by atomic mass is 9.78. The van der Waals surface area contributed by atoms with Crippen LogP contribution in [0.1, 0.15) is 65.2 Å². The summed E-state index contributed by atoms with van der Waals surface area (Å²) < 4.78 is 5.25. The highest BCUT2D eigenvalue weighted by Gasteiger charge is 2.26. The molecule has 1 N–H and O–H groups in total. The molecule has 1 aromatic rings. The molecule has 21 heavy (non-hydrogen) atoms. The normalized spacial score (nSPS) is 12.0. The Morgan fingerprint density at radius 3 is 1.86 bits per heavy atom. The minimum absolute atomic E-state index is 0.123. The Balaban J connectivity index is 3.36. The number of rotatable bonds is 2. The third-order valence-electron chi connectivity index (χ3n) is 3.34. The van der Waals surface area contributed by atoms with E-state index in [1.165, 1.54) is 0 Å². The second-order valence-corrected chi connectivity index (χ2v) is 7.36. The van der Waals surface area contributed by atoms with Crippen LogP contribution in [0.4, 0.5) is 0 Å². The SMILES string of the molecule is CCOCC#Cc1cc(C(C)(C)C)c(O)c(C(C)(C)C)c1. The highest BCUT2D eigenvalue weighted by Crippen LogP contribution is 2.39. The molecule has 0 atom stereocenters. The van der Waals surface area contributed by atoms with Crippen molar-refractivity contribution in [1.29, 1.82) is 0 Å². The first-order valence-electron chi connectivity index (χ1n) is 7.52. The van der Waals surface area contributed by atoms with Gasteiger partial charge >= 0.3 is 0 Å². The second-order valence-electron chi connectivity index (χ2n) is 7.36. The van der Waals surface area contributed by atoms with Crippen molar-refractivity contribution < 1.29 is 9.84 Å². The van der Waals surface area contributed by atoms with E-state index in [4.69, 9.17) is 4.74 Å². The van der Waals surface area contributed by atoms with Gasteiger partial charge in [-0.1, -0.05) is 53.4 Å². The topological polar surface area (TPSA) is 29.5 Å². The van der Waals surface area contributed by atoms with E-state index in [9.17, 15) is 5.11 Å². The molecule has 0 heterocycles. The second kappa shape index (κ2) is 6.54. The van der Waals surface area contributed by atoms with Gasteiger partial charge in [-0.15, -0.1) is 0 Å². The number of ether oxygens (including phenoxy) is 1. The third-order valence-corrected chi connectivity index (χ3v) is 3.34. The fraction of sp³-hybridized carbons (Fsp3) is 0.579. The minimum atomic E-state index is -0.123. The van der Waals surface area contributed by atoms with Gasteiger partial charge in [0.2, 0.25) is 0 Å². The molecule has 0 bridgehead atoms. The Kier molecular flexibility index (Phi) is 5.48. The predicted molar refractivity (Wildman–Crippen MR) is 88.9 cm³/mol. The van der Waals surface area contributed by atoms with E-state index in [-0.39, 0.29) is 10.8 Å². The van der Waals surface area contributed by atoms with Crippen molar-refractivity contribution >= 4 is 0 Å². The van der Waals surface area contributed by atoms with Crippen LogP contribution in [0.5, 0.6) is 5.75 Å². The van der Waals surface area contributed by atoms with Crippen LogP contribution >= 0.6 is 0 Å². The molecule has 2 nitrogen and oxygen atoms in total. The molecule has 0 spiro atoms. The van der Waals surface area contributed by atoms with E-state index < -0.39 is 0 Å². The molecule has 0 unspecified atom stereocenters. The van der Waals surface area contributed by atoms with Gasteiger partial charge in [-0.25, -0.2) is 0 Å². The van der Waals surface area contributed by atoms with Crippen molar-refractivity contribution in [2.45, 2.75) is 59.3 Å². The molecule has 0 aromatic heterocycles. The zero-order valence-electron chi connectivity index (χ0n) is 14.4. The molecule has 0 amide bonds. The van der Waals surface area contributed by atoms with Crippen LogP contribution in [-0.4, -0.2) is 18.3 Å². The first-order chi connectivity index (χ1) is 9.57. The fourth-order valence-corrected chi connectivity index (χ4v) is 2.14. The highest BCUT2D eigenvalue weighted by atomic mass is 16.5. The van der Waals surface area contributed by atoms with Crippen molar-refractivity contribution in [3.8, 4) is 17.6 Å². The third kappa shape index (κ3) is 4.79. The number of phenols is 1. The lowest BCUT2D eigenvalue weighted by molar-refractivity contribution is 0.182. The maximum absolute atomic E-state index is 10.6. The van der Waals surface area contributed by atoms with Crippen molar-refractivity contribution in [2.24, 2.45) is 0 Å². The van der Waals surface area contributed by atoms with Gasteiger partial charge < -0.3 is 9.84 Å². The summed E-state index contributed by atoms with van der Waals surface area (Å²) in [6, 6.07) is 3.98. The first-order valence-corrected chi connectivity index (χ1v) is 7.52. The summed E-state index contributed by atoms with van der Waals surface area (Å²) in [5.41, 5.74) is 2.57. The van der Waals surface area contributed by atoms with Gasteiger partial charge in [0.25, 0.3) is 0 Å². The zero-order chi connectivity index (χ0) is 16.3. The highest BCUT2D eigenvalue weighted by molar-refractivity contribution is 5.53. The summed E-state index contributed by atoms with van der Waals surface area (Å²) in [5, 5.41) is 10.6. The van der Waals surface area contributed by atoms with Crippen molar-refractivity contribution in [3.63, 3.8) is 0 Å². The number of hydrogen-bond donors (Lipinski definition) is 1. The van der Waals surface area contributed by atoms with Crippen LogP contribution in [0.25, 0.3) is 0 Å². The standard InChI is InChI=1S/C19H28O2/c1-8-21-11-9-10-14-12-15(18(2,3)4)17(20)16(13-14)19(5,6)7/h12-13,20H,8,11H2,1-7H3. The van der Waals surface area contributed by atoms with Crippen molar-refractivity contribution in [2.75, 3.05) is 13.2 Å². The molecule has 1 rings (SSSR count). The van der Waals surface area contributed by atoms with Crippen LogP contribution in [0.2, 0.25) is 0 Å². The minimum Gasteiger partial charge on any atom is -0.507 e. The largest absolute Gasteiger partial charge is 0.507 e. The zero-order valence-corrected chi connectivity index (χ0v) is 14.4. The van der Waals surface area contributed by atoms with E-state index in [2.05, 4.69) is 53.4 Å². The van der Waals surface area contributed by atoms with Gasteiger partial charge in [0.15, 0.2) is 0 Å². The quantitative estimate of drug-likeness (QED) is 0.646. The Bertz CT molecular complexity index is 511. The summed E-state index contributed by atoms with van der Waals surface area (Å²) in [4.78, 5) is 0. The lowest BCUT2D eigenvalue weighted by Crippen LogP contribution is -2.17. The van der Waals surface area contributed by atoms with Gasteiger partial charge in [-0.3, -0.25) is 0 Å². The molecular weight excluding hydrogens is 260 g/mol. The van der Waals surface area contributed by atoms with Crippen LogP contribution < -0.4 is 0 Å². The monoisotopic (exact) mass is 288 g/mol. The Hall–Kier alpha value is -1.46. The molecule has 0 aliphatic rings. The van der Waals surface area contributed by atoms with Crippen molar-refractivity contribution in [1.82, 2.24) is 0 Å². The number of hydrogen-bond acceptors (Lipinski definition) is 2. The van der Waals surface area contributed by atoms with Crippen LogP contribution in [0.15, 0.2) is 12.1 Å². The Morgan fingerprint density at radius 2 is 1.48 bits per heavy atom. The van der Waals surface area contributed by atoms with Gasteiger partial charge in [-0.2, -0.15) is 0 Å². The first kappa shape index (κ1) is 17.6. The Labute approximate surface area is 129 Å². The van der Waals surface area contributed by atoms with E-state index in [0.29, 0.717) is 19.0 Å². The summed E-state index contributed by atoms with van der Waals surface area (Å²) in [5.74, 6) is 6.56.